The molecular formula is C13H19N3. The lowest BCUT2D eigenvalue weighted by Gasteiger charge is -2.25. The third kappa shape index (κ3) is 1.58. The Kier molecular flexibility index (Phi) is 2.54. The van der Waals surface area contributed by atoms with Crippen molar-refractivity contribution in [2.75, 3.05) is 11.9 Å². The molecule has 3 rings (SSSR count). The summed E-state index contributed by atoms with van der Waals surface area (Å²) in [5.74, 6) is 2.86. The molecular weight excluding hydrogens is 198 g/mol. The zero-order valence-corrected chi connectivity index (χ0v) is 9.92. The van der Waals surface area contributed by atoms with Gasteiger partial charge in [-0.25, -0.2) is 9.97 Å². The number of aromatic nitrogens is 2. The molecule has 1 fully saturated rings. The van der Waals surface area contributed by atoms with Gasteiger partial charge in [0.2, 0.25) is 0 Å². The van der Waals surface area contributed by atoms with Crippen molar-refractivity contribution in [3.8, 4) is 0 Å². The Morgan fingerprint density at radius 3 is 2.75 bits per heavy atom. The van der Waals surface area contributed by atoms with Crippen molar-refractivity contribution in [2.45, 2.75) is 51.4 Å². The molecule has 1 N–H and O–H groups in total. The van der Waals surface area contributed by atoms with E-state index in [0.29, 0.717) is 5.92 Å². The fourth-order valence-electron chi connectivity index (χ4n) is 2.61. The Balaban J connectivity index is 1.98. The second-order valence-corrected chi connectivity index (χ2v) is 4.87. The fraction of sp³-hybridized carbons (Fsp3) is 0.692. The Bertz CT molecular complexity index is 396. The van der Waals surface area contributed by atoms with Gasteiger partial charge in [0.25, 0.3) is 0 Å². The molecule has 1 aromatic rings. The van der Waals surface area contributed by atoms with Crippen LogP contribution in [0.15, 0.2) is 0 Å². The summed E-state index contributed by atoms with van der Waals surface area (Å²) in [5, 5.41) is 3.40. The topological polar surface area (TPSA) is 37.8 Å². The number of fused-ring (bicyclic) bond motifs is 1. The minimum Gasteiger partial charge on any atom is -0.370 e. The van der Waals surface area contributed by atoms with E-state index in [1.54, 1.807) is 0 Å². The maximum atomic E-state index is 4.77. The van der Waals surface area contributed by atoms with Crippen LogP contribution in [0.1, 0.15) is 55.6 Å². The minimum atomic E-state index is 0.642. The van der Waals surface area contributed by atoms with E-state index in [2.05, 4.69) is 12.2 Å². The Hall–Kier alpha value is -1.12. The molecule has 0 atom stereocenters. The molecule has 0 bridgehead atoms. The first kappa shape index (κ1) is 10.1. The first-order chi connectivity index (χ1) is 7.88. The van der Waals surface area contributed by atoms with Crippen LogP contribution in [0.3, 0.4) is 0 Å². The molecule has 3 heteroatoms. The molecule has 1 heterocycles. The molecule has 0 radical (unpaired) electrons. The lowest BCUT2D eigenvalue weighted by atomic mass is 9.85. The molecule has 3 nitrogen and oxygen atoms in total. The normalized spacial score (nSPS) is 19.3. The highest BCUT2D eigenvalue weighted by Crippen LogP contribution is 2.36. The average Bonchev–Trinajstić information content (AvgIpc) is 2.63. The number of rotatable bonds is 3. The molecule has 0 aromatic carbocycles. The van der Waals surface area contributed by atoms with Crippen LogP contribution in [0.2, 0.25) is 0 Å². The summed E-state index contributed by atoms with van der Waals surface area (Å²) in [5.41, 5.74) is 2.69. The van der Waals surface area contributed by atoms with Crippen LogP contribution in [-0.2, 0) is 12.8 Å². The van der Waals surface area contributed by atoms with Crippen LogP contribution in [0.25, 0.3) is 0 Å². The van der Waals surface area contributed by atoms with Crippen molar-refractivity contribution in [2.24, 2.45) is 0 Å². The predicted octanol–water partition coefficient (Wildman–Crippen LogP) is 2.66. The lowest BCUT2D eigenvalue weighted by Crippen LogP contribution is -2.16. The van der Waals surface area contributed by atoms with Crippen molar-refractivity contribution in [1.82, 2.24) is 9.97 Å². The summed E-state index contributed by atoms with van der Waals surface area (Å²) in [4.78, 5) is 9.50. The molecule has 1 aromatic heterocycles. The van der Waals surface area contributed by atoms with Crippen molar-refractivity contribution in [3.63, 3.8) is 0 Å². The third-order valence-corrected chi connectivity index (χ3v) is 3.76. The molecule has 1 saturated carbocycles. The minimum absolute atomic E-state index is 0.642. The fourth-order valence-corrected chi connectivity index (χ4v) is 2.61. The number of nitrogens with one attached hydrogen (secondary N) is 1. The summed E-state index contributed by atoms with van der Waals surface area (Å²) in [6.07, 6.45) is 7.46. The Morgan fingerprint density at radius 2 is 2.06 bits per heavy atom. The van der Waals surface area contributed by atoms with Gasteiger partial charge >= 0.3 is 0 Å². The van der Waals surface area contributed by atoms with Gasteiger partial charge in [-0.1, -0.05) is 6.42 Å². The third-order valence-electron chi connectivity index (χ3n) is 3.76. The molecule has 16 heavy (non-hydrogen) atoms. The highest BCUT2D eigenvalue weighted by molar-refractivity contribution is 5.49. The van der Waals surface area contributed by atoms with E-state index in [0.717, 1.165) is 31.0 Å². The van der Waals surface area contributed by atoms with Gasteiger partial charge in [-0.05, 0) is 39.0 Å². The molecule has 0 unspecified atom stereocenters. The summed E-state index contributed by atoms with van der Waals surface area (Å²) in [6.45, 7) is 3.08. The van der Waals surface area contributed by atoms with E-state index in [1.807, 2.05) is 0 Å². The zero-order valence-electron chi connectivity index (χ0n) is 9.92. The van der Waals surface area contributed by atoms with E-state index in [4.69, 9.17) is 9.97 Å². The van der Waals surface area contributed by atoms with Crippen LogP contribution >= 0.6 is 0 Å². The largest absolute Gasteiger partial charge is 0.370 e. The van der Waals surface area contributed by atoms with Crippen LogP contribution in [-0.4, -0.2) is 16.5 Å². The SMILES string of the molecule is CCNc1nc(C2CCC2)nc2c1CCC2. The number of hydrogen-bond donors (Lipinski definition) is 1. The number of nitrogens with zero attached hydrogens (tertiary/aromatic N) is 2. The smallest absolute Gasteiger partial charge is 0.134 e. The lowest BCUT2D eigenvalue weighted by molar-refractivity contribution is 0.400. The van der Waals surface area contributed by atoms with Crippen molar-refractivity contribution >= 4 is 5.82 Å². The van der Waals surface area contributed by atoms with Gasteiger partial charge in [0.05, 0.1) is 0 Å². The summed E-state index contributed by atoms with van der Waals surface area (Å²) in [7, 11) is 0. The first-order valence-corrected chi connectivity index (χ1v) is 6.52. The highest BCUT2D eigenvalue weighted by Gasteiger charge is 2.26. The average molecular weight is 217 g/mol. The second-order valence-electron chi connectivity index (χ2n) is 4.87. The van der Waals surface area contributed by atoms with Gasteiger partial charge in [-0.15, -0.1) is 0 Å². The number of anilines is 1. The van der Waals surface area contributed by atoms with Gasteiger partial charge in [-0.2, -0.15) is 0 Å². The standard InChI is InChI=1S/C13H19N3/c1-2-14-13-10-7-4-8-11(10)15-12(16-13)9-5-3-6-9/h9H,2-8H2,1H3,(H,14,15,16). The molecule has 2 aliphatic rings. The van der Waals surface area contributed by atoms with E-state index in [1.165, 1.54) is 36.9 Å². The molecule has 0 amide bonds. The Morgan fingerprint density at radius 1 is 1.19 bits per heavy atom. The Labute approximate surface area is 96.7 Å². The van der Waals surface area contributed by atoms with Crippen LogP contribution in [0, 0.1) is 0 Å². The van der Waals surface area contributed by atoms with Crippen molar-refractivity contribution in [1.29, 1.82) is 0 Å². The van der Waals surface area contributed by atoms with Gasteiger partial charge < -0.3 is 5.32 Å². The van der Waals surface area contributed by atoms with E-state index < -0.39 is 0 Å². The summed E-state index contributed by atoms with van der Waals surface area (Å²) >= 11 is 0. The van der Waals surface area contributed by atoms with E-state index in [-0.39, 0.29) is 0 Å². The molecule has 86 valence electrons. The van der Waals surface area contributed by atoms with E-state index >= 15 is 0 Å². The van der Waals surface area contributed by atoms with Crippen LogP contribution in [0.4, 0.5) is 5.82 Å². The quantitative estimate of drug-likeness (QED) is 0.845. The summed E-state index contributed by atoms with van der Waals surface area (Å²) in [6, 6.07) is 0. The first-order valence-electron chi connectivity index (χ1n) is 6.52. The maximum Gasteiger partial charge on any atom is 0.134 e. The molecule has 2 aliphatic carbocycles. The second kappa shape index (κ2) is 4.04. The van der Waals surface area contributed by atoms with Crippen LogP contribution in [0.5, 0.6) is 0 Å². The zero-order chi connectivity index (χ0) is 11.0. The van der Waals surface area contributed by atoms with E-state index in [9.17, 15) is 0 Å². The molecule has 0 saturated heterocycles. The predicted molar refractivity (Wildman–Crippen MR) is 64.8 cm³/mol. The van der Waals surface area contributed by atoms with Crippen LogP contribution < -0.4 is 5.32 Å². The van der Waals surface area contributed by atoms with Gasteiger partial charge in [0.1, 0.15) is 11.6 Å². The highest BCUT2D eigenvalue weighted by atomic mass is 15.0. The number of hydrogen-bond acceptors (Lipinski definition) is 3. The van der Waals surface area contributed by atoms with Crippen molar-refractivity contribution < 1.29 is 0 Å². The van der Waals surface area contributed by atoms with Gasteiger partial charge in [0, 0.05) is 23.7 Å². The molecule has 0 spiro atoms. The summed E-state index contributed by atoms with van der Waals surface area (Å²) < 4.78 is 0. The van der Waals surface area contributed by atoms with Gasteiger partial charge in [0.15, 0.2) is 0 Å². The van der Waals surface area contributed by atoms with Crippen molar-refractivity contribution in [3.05, 3.63) is 17.1 Å². The van der Waals surface area contributed by atoms with Gasteiger partial charge in [-0.3, -0.25) is 0 Å². The monoisotopic (exact) mass is 217 g/mol. The maximum absolute atomic E-state index is 4.77. The molecule has 0 aliphatic heterocycles. The number of aryl methyl sites for hydroxylation is 1.